The SMILES string of the molecule is CCc1ccc(CNC(=O)N2CCCCC2CCO)s1. The fraction of sp³-hybridized carbons (Fsp3) is 0.667. The summed E-state index contributed by atoms with van der Waals surface area (Å²) in [7, 11) is 0. The van der Waals surface area contributed by atoms with Crippen molar-refractivity contribution >= 4 is 17.4 Å². The van der Waals surface area contributed by atoms with E-state index in [4.69, 9.17) is 5.11 Å². The third-order valence-corrected chi connectivity index (χ3v) is 5.06. The van der Waals surface area contributed by atoms with Crippen LogP contribution in [-0.2, 0) is 13.0 Å². The monoisotopic (exact) mass is 296 g/mol. The van der Waals surface area contributed by atoms with E-state index in [9.17, 15) is 4.79 Å². The van der Waals surface area contributed by atoms with Crippen molar-refractivity contribution in [2.75, 3.05) is 13.2 Å². The molecule has 4 nitrogen and oxygen atoms in total. The number of piperidine rings is 1. The van der Waals surface area contributed by atoms with Crippen molar-refractivity contribution in [2.24, 2.45) is 0 Å². The molecule has 20 heavy (non-hydrogen) atoms. The largest absolute Gasteiger partial charge is 0.396 e. The molecule has 2 heterocycles. The van der Waals surface area contributed by atoms with Crippen molar-refractivity contribution in [1.82, 2.24) is 10.2 Å². The number of hydrogen-bond acceptors (Lipinski definition) is 3. The lowest BCUT2D eigenvalue weighted by molar-refractivity contribution is 0.131. The highest BCUT2D eigenvalue weighted by atomic mass is 32.1. The Kier molecular flexibility index (Phi) is 5.86. The van der Waals surface area contributed by atoms with E-state index in [-0.39, 0.29) is 18.7 Å². The quantitative estimate of drug-likeness (QED) is 0.878. The van der Waals surface area contributed by atoms with Crippen molar-refractivity contribution in [3.8, 4) is 0 Å². The number of amides is 2. The van der Waals surface area contributed by atoms with Gasteiger partial charge in [0.05, 0.1) is 6.54 Å². The first-order chi connectivity index (χ1) is 9.74. The van der Waals surface area contributed by atoms with Crippen LogP contribution >= 0.6 is 11.3 Å². The van der Waals surface area contributed by atoms with Gasteiger partial charge in [-0.25, -0.2) is 4.79 Å². The number of aryl methyl sites for hydroxylation is 1. The molecule has 0 radical (unpaired) electrons. The van der Waals surface area contributed by atoms with Crippen molar-refractivity contribution < 1.29 is 9.90 Å². The molecule has 2 rings (SSSR count). The lowest BCUT2D eigenvalue weighted by Gasteiger charge is -2.35. The molecule has 0 spiro atoms. The number of carbonyl (C=O) groups is 1. The van der Waals surface area contributed by atoms with Gasteiger partial charge in [0.15, 0.2) is 0 Å². The highest BCUT2D eigenvalue weighted by Gasteiger charge is 2.25. The highest BCUT2D eigenvalue weighted by molar-refractivity contribution is 7.11. The molecule has 0 aliphatic carbocycles. The predicted molar refractivity (Wildman–Crippen MR) is 82.0 cm³/mol. The van der Waals surface area contributed by atoms with Gasteiger partial charge in [-0.05, 0) is 44.2 Å². The van der Waals surface area contributed by atoms with Crippen LogP contribution in [0.4, 0.5) is 4.79 Å². The molecule has 2 amide bonds. The molecule has 0 aromatic carbocycles. The number of rotatable bonds is 5. The standard InChI is InChI=1S/C15H24N2O2S/c1-2-13-6-7-14(20-13)11-16-15(19)17-9-4-3-5-12(17)8-10-18/h6-7,12,18H,2-5,8-11H2,1H3,(H,16,19). The minimum absolute atomic E-state index is 0.00889. The van der Waals surface area contributed by atoms with Gasteiger partial charge in [-0.1, -0.05) is 6.92 Å². The first-order valence-electron chi connectivity index (χ1n) is 7.47. The van der Waals surface area contributed by atoms with Gasteiger partial charge < -0.3 is 15.3 Å². The second-order valence-corrected chi connectivity index (χ2v) is 6.49. The maximum atomic E-state index is 12.3. The van der Waals surface area contributed by atoms with Gasteiger partial charge in [0, 0.05) is 28.9 Å². The third-order valence-electron chi connectivity index (χ3n) is 3.83. The van der Waals surface area contributed by atoms with Crippen molar-refractivity contribution in [3.63, 3.8) is 0 Å². The maximum absolute atomic E-state index is 12.3. The van der Waals surface area contributed by atoms with E-state index in [0.717, 1.165) is 32.2 Å². The molecule has 5 heteroatoms. The summed E-state index contributed by atoms with van der Waals surface area (Å²) < 4.78 is 0. The van der Waals surface area contributed by atoms with E-state index in [1.54, 1.807) is 11.3 Å². The average molecular weight is 296 g/mol. The molecule has 112 valence electrons. The van der Waals surface area contributed by atoms with Gasteiger partial charge in [-0.2, -0.15) is 0 Å². The Bertz CT molecular complexity index is 431. The Morgan fingerprint density at radius 1 is 1.45 bits per heavy atom. The summed E-state index contributed by atoms with van der Waals surface area (Å²) in [5, 5.41) is 12.1. The van der Waals surface area contributed by atoms with Crippen molar-refractivity contribution in [1.29, 1.82) is 0 Å². The Morgan fingerprint density at radius 2 is 2.25 bits per heavy atom. The molecule has 2 N–H and O–H groups in total. The molecule has 1 aromatic heterocycles. The Morgan fingerprint density at radius 3 is 2.95 bits per heavy atom. The van der Waals surface area contributed by atoms with Gasteiger partial charge in [-0.3, -0.25) is 0 Å². The van der Waals surface area contributed by atoms with Gasteiger partial charge in [0.2, 0.25) is 0 Å². The van der Waals surface area contributed by atoms with E-state index in [2.05, 4.69) is 24.4 Å². The molecule has 1 unspecified atom stereocenters. The Balaban J connectivity index is 1.86. The summed E-state index contributed by atoms with van der Waals surface area (Å²) in [4.78, 5) is 16.7. The first-order valence-corrected chi connectivity index (χ1v) is 8.29. The molecular weight excluding hydrogens is 272 g/mol. The van der Waals surface area contributed by atoms with Gasteiger partial charge >= 0.3 is 6.03 Å². The molecule has 0 bridgehead atoms. The third kappa shape index (κ3) is 3.96. The summed E-state index contributed by atoms with van der Waals surface area (Å²) in [6.45, 7) is 3.70. The maximum Gasteiger partial charge on any atom is 0.317 e. The average Bonchev–Trinajstić information content (AvgIpc) is 2.94. The van der Waals surface area contributed by atoms with Crippen LogP contribution in [0.15, 0.2) is 12.1 Å². The number of thiophene rings is 1. The zero-order valence-corrected chi connectivity index (χ0v) is 12.9. The molecule has 1 aliphatic heterocycles. The van der Waals surface area contributed by atoms with Gasteiger partial charge in [-0.15, -0.1) is 11.3 Å². The Labute approximate surface area is 124 Å². The summed E-state index contributed by atoms with van der Waals surface area (Å²) in [5.74, 6) is 0. The lowest BCUT2D eigenvalue weighted by Crippen LogP contribution is -2.48. The molecule has 1 saturated heterocycles. The zero-order chi connectivity index (χ0) is 14.4. The zero-order valence-electron chi connectivity index (χ0n) is 12.1. The summed E-state index contributed by atoms with van der Waals surface area (Å²) in [5.41, 5.74) is 0. The van der Waals surface area contributed by atoms with Crippen LogP contribution < -0.4 is 5.32 Å². The van der Waals surface area contributed by atoms with E-state index in [0.29, 0.717) is 13.0 Å². The second kappa shape index (κ2) is 7.64. The smallest absolute Gasteiger partial charge is 0.317 e. The molecule has 1 aliphatic rings. The number of nitrogens with zero attached hydrogens (tertiary/aromatic N) is 1. The van der Waals surface area contributed by atoms with Gasteiger partial charge in [0.25, 0.3) is 0 Å². The topological polar surface area (TPSA) is 52.6 Å². The summed E-state index contributed by atoms with van der Waals surface area (Å²) >= 11 is 1.76. The van der Waals surface area contributed by atoms with Crippen LogP contribution in [-0.4, -0.2) is 35.2 Å². The fourth-order valence-corrected chi connectivity index (χ4v) is 3.59. The summed E-state index contributed by atoms with van der Waals surface area (Å²) in [6.07, 6.45) is 4.95. The number of hydrogen-bond donors (Lipinski definition) is 2. The normalized spacial score (nSPS) is 19.1. The highest BCUT2D eigenvalue weighted by Crippen LogP contribution is 2.20. The lowest BCUT2D eigenvalue weighted by atomic mass is 10.0. The molecule has 1 fully saturated rings. The van der Waals surface area contributed by atoms with E-state index in [1.165, 1.54) is 9.75 Å². The number of nitrogens with one attached hydrogen (secondary N) is 1. The van der Waals surface area contributed by atoms with Crippen LogP contribution in [0.25, 0.3) is 0 Å². The minimum atomic E-state index is 0.00889. The number of urea groups is 1. The number of likely N-dealkylation sites (tertiary alicyclic amines) is 1. The fourth-order valence-electron chi connectivity index (χ4n) is 2.69. The predicted octanol–water partition coefficient (Wildman–Crippen LogP) is 2.76. The number of aliphatic hydroxyl groups excluding tert-OH is 1. The van der Waals surface area contributed by atoms with Crippen molar-refractivity contribution in [2.45, 2.75) is 51.6 Å². The first kappa shape index (κ1) is 15.3. The van der Waals surface area contributed by atoms with Crippen LogP contribution in [0.3, 0.4) is 0 Å². The van der Waals surface area contributed by atoms with Crippen LogP contribution in [0.2, 0.25) is 0 Å². The van der Waals surface area contributed by atoms with Crippen LogP contribution in [0.5, 0.6) is 0 Å². The van der Waals surface area contributed by atoms with Crippen LogP contribution in [0, 0.1) is 0 Å². The van der Waals surface area contributed by atoms with E-state index in [1.807, 2.05) is 4.90 Å². The minimum Gasteiger partial charge on any atom is -0.396 e. The van der Waals surface area contributed by atoms with E-state index >= 15 is 0 Å². The van der Waals surface area contributed by atoms with Crippen LogP contribution in [0.1, 0.15) is 42.4 Å². The second-order valence-electron chi connectivity index (χ2n) is 5.24. The molecule has 1 aromatic rings. The number of carbonyl (C=O) groups excluding carboxylic acids is 1. The van der Waals surface area contributed by atoms with Crippen molar-refractivity contribution in [3.05, 3.63) is 21.9 Å². The molecular formula is C15H24N2O2S. The summed E-state index contributed by atoms with van der Waals surface area (Å²) in [6, 6.07) is 4.42. The molecule has 1 atom stereocenters. The van der Waals surface area contributed by atoms with E-state index < -0.39 is 0 Å². The Hall–Kier alpha value is -1.07. The van der Waals surface area contributed by atoms with Gasteiger partial charge in [0.1, 0.15) is 0 Å². The number of aliphatic hydroxyl groups is 1. The molecule has 0 saturated carbocycles.